The highest BCUT2D eigenvalue weighted by Gasteiger charge is 2.13. The summed E-state index contributed by atoms with van der Waals surface area (Å²) in [6, 6.07) is 7.26. The fourth-order valence-electron chi connectivity index (χ4n) is 1.66. The second-order valence-corrected chi connectivity index (χ2v) is 3.82. The summed E-state index contributed by atoms with van der Waals surface area (Å²) < 4.78 is 9.83. The SMILES string of the molecule is CCOC(=O)CCC(=O)c1ccccc1COC. The number of Topliss-reactive ketones (excluding diaryl/α,β-unsaturated/α-hetero) is 1. The lowest BCUT2D eigenvalue weighted by Gasteiger charge is -2.07. The third kappa shape index (κ3) is 4.30. The zero-order valence-corrected chi connectivity index (χ0v) is 10.8. The summed E-state index contributed by atoms with van der Waals surface area (Å²) >= 11 is 0. The van der Waals surface area contributed by atoms with Crippen molar-refractivity contribution in [1.82, 2.24) is 0 Å². The lowest BCUT2D eigenvalue weighted by atomic mass is 10.0. The molecule has 0 bridgehead atoms. The molecule has 4 heteroatoms. The first-order valence-electron chi connectivity index (χ1n) is 5.94. The molecule has 1 aromatic rings. The maximum atomic E-state index is 12.0. The van der Waals surface area contributed by atoms with E-state index in [9.17, 15) is 9.59 Å². The summed E-state index contributed by atoms with van der Waals surface area (Å²) in [4.78, 5) is 23.2. The number of ketones is 1. The number of ether oxygens (including phenoxy) is 2. The van der Waals surface area contributed by atoms with Gasteiger partial charge in [-0.3, -0.25) is 9.59 Å². The number of carbonyl (C=O) groups is 2. The van der Waals surface area contributed by atoms with E-state index >= 15 is 0 Å². The highest BCUT2D eigenvalue weighted by Crippen LogP contribution is 2.13. The van der Waals surface area contributed by atoms with E-state index in [2.05, 4.69) is 0 Å². The van der Waals surface area contributed by atoms with Crippen molar-refractivity contribution >= 4 is 11.8 Å². The number of rotatable bonds is 7. The molecule has 0 unspecified atom stereocenters. The van der Waals surface area contributed by atoms with Crippen LogP contribution in [0.5, 0.6) is 0 Å². The average molecular weight is 250 g/mol. The van der Waals surface area contributed by atoms with Gasteiger partial charge in [0.1, 0.15) is 0 Å². The Kier molecular flexibility index (Phi) is 6.08. The van der Waals surface area contributed by atoms with Crippen LogP contribution in [0.25, 0.3) is 0 Å². The van der Waals surface area contributed by atoms with Crippen LogP contribution in [-0.4, -0.2) is 25.5 Å². The summed E-state index contributed by atoms with van der Waals surface area (Å²) in [5.74, 6) is -0.397. The van der Waals surface area contributed by atoms with E-state index in [0.29, 0.717) is 18.8 Å². The van der Waals surface area contributed by atoms with Gasteiger partial charge in [0.25, 0.3) is 0 Å². The molecule has 0 radical (unpaired) electrons. The summed E-state index contributed by atoms with van der Waals surface area (Å²) in [5, 5.41) is 0. The maximum Gasteiger partial charge on any atom is 0.306 e. The monoisotopic (exact) mass is 250 g/mol. The van der Waals surface area contributed by atoms with Crippen LogP contribution >= 0.6 is 0 Å². The van der Waals surface area contributed by atoms with Gasteiger partial charge in [-0.25, -0.2) is 0 Å². The largest absolute Gasteiger partial charge is 0.466 e. The summed E-state index contributed by atoms with van der Waals surface area (Å²) in [6.45, 7) is 2.47. The van der Waals surface area contributed by atoms with Gasteiger partial charge in [-0.2, -0.15) is 0 Å². The Balaban J connectivity index is 2.63. The lowest BCUT2D eigenvalue weighted by Crippen LogP contribution is -2.09. The first kappa shape index (κ1) is 14.4. The molecule has 0 saturated heterocycles. The standard InChI is InChI=1S/C14H18O4/c1-3-18-14(16)9-8-13(15)12-7-5-4-6-11(12)10-17-2/h4-7H,3,8-10H2,1-2H3. The Labute approximate surface area is 107 Å². The van der Waals surface area contributed by atoms with Crippen molar-refractivity contribution in [3.63, 3.8) is 0 Å². The molecule has 18 heavy (non-hydrogen) atoms. The van der Waals surface area contributed by atoms with Crippen molar-refractivity contribution in [1.29, 1.82) is 0 Å². The van der Waals surface area contributed by atoms with Crippen molar-refractivity contribution in [2.75, 3.05) is 13.7 Å². The topological polar surface area (TPSA) is 52.6 Å². The minimum absolute atomic E-state index is 0.0595. The zero-order valence-electron chi connectivity index (χ0n) is 10.8. The summed E-state index contributed by atoms with van der Waals surface area (Å²) in [6.07, 6.45) is 0.285. The summed E-state index contributed by atoms with van der Waals surface area (Å²) in [7, 11) is 1.58. The van der Waals surface area contributed by atoms with Crippen LogP contribution in [-0.2, 0) is 20.9 Å². The fourth-order valence-corrected chi connectivity index (χ4v) is 1.66. The van der Waals surface area contributed by atoms with Gasteiger partial charge in [-0.05, 0) is 12.5 Å². The molecule has 0 aliphatic rings. The van der Waals surface area contributed by atoms with Crippen LogP contribution in [0.3, 0.4) is 0 Å². The highest BCUT2D eigenvalue weighted by atomic mass is 16.5. The Morgan fingerprint density at radius 2 is 1.89 bits per heavy atom. The normalized spacial score (nSPS) is 10.1. The number of benzene rings is 1. The third-order valence-corrected chi connectivity index (χ3v) is 2.48. The number of esters is 1. The second-order valence-electron chi connectivity index (χ2n) is 3.82. The molecule has 0 N–H and O–H groups in total. The van der Waals surface area contributed by atoms with E-state index in [1.165, 1.54) is 0 Å². The minimum Gasteiger partial charge on any atom is -0.466 e. The van der Waals surface area contributed by atoms with Crippen molar-refractivity contribution in [2.24, 2.45) is 0 Å². The predicted octanol–water partition coefficient (Wildman–Crippen LogP) is 2.36. The Morgan fingerprint density at radius 1 is 1.17 bits per heavy atom. The van der Waals surface area contributed by atoms with Crippen LogP contribution in [0, 0.1) is 0 Å². The van der Waals surface area contributed by atoms with Crippen LogP contribution < -0.4 is 0 Å². The Bertz CT molecular complexity index is 412. The molecule has 4 nitrogen and oxygen atoms in total. The van der Waals surface area contributed by atoms with Gasteiger partial charge in [0.2, 0.25) is 0 Å². The molecule has 0 aliphatic heterocycles. The molecule has 1 aromatic carbocycles. The van der Waals surface area contributed by atoms with Gasteiger partial charge >= 0.3 is 5.97 Å². The van der Waals surface area contributed by atoms with E-state index in [4.69, 9.17) is 9.47 Å². The third-order valence-electron chi connectivity index (χ3n) is 2.48. The van der Waals surface area contributed by atoms with Crippen LogP contribution in [0.2, 0.25) is 0 Å². The molecule has 0 atom stereocenters. The number of hydrogen-bond donors (Lipinski definition) is 0. The van der Waals surface area contributed by atoms with E-state index < -0.39 is 0 Å². The zero-order chi connectivity index (χ0) is 13.4. The predicted molar refractivity (Wildman–Crippen MR) is 67.4 cm³/mol. The van der Waals surface area contributed by atoms with E-state index in [0.717, 1.165) is 5.56 Å². The number of hydrogen-bond acceptors (Lipinski definition) is 4. The second kappa shape index (κ2) is 7.61. The van der Waals surface area contributed by atoms with Crippen LogP contribution in [0.1, 0.15) is 35.7 Å². The van der Waals surface area contributed by atoms with Crippen molar-refractivity contribution in [2.45, 2.75) is 26.4 Å². The Hall–Kier alpha value is -1.68. The molecular weight excluding hydrogens is 232 g/mol. The quantitative estimate of drug-likeness (QED) is 0.550. The van der Waals surface area contributed by atoms with E-state index in [1.807, 2.05) is 12.1 Å². The van der Waals surface area contributed by atoms with E-state index in [-0.39, 0.29) is 24.6 Å². The fraction of sp³-hybridized carbons (Fsp3) is 0.429. The first-order chi connectivity index (χ1) is 8.69. The average Bonchev–Trinajstić information content (AvgIpc) is 2.37. The molecule has 0 spiro atoms. The molecule has 0 heterocycles. The smallest absolute Gasteiger partial charge is 0.306 e. The molecule has 0 fully saturated rings. The molecule has 0 saturated carbocycles. The molecule has 0 amide bonds. The van der Waals surface area contributed by atoms with Crippen molar-refractivity contribution in [3.8, 4) is 0 Å². The van der Waals surface area contributed by atoms with Gasteiger partial charge in [0.05, 0.1) is 19.6 Å². The molecule has 1 rings (SSSR count). The minimum atomic E-state index is -0.338. The van der Waals surface area contributed by atoms with E-state index in [1.54, 1.807) is 26.2 Å². The van der Waals surface area contributed by atoms with Gasteiger partial charge in [0.15, 0.2) is 5.78 Å². The first-order valence-corrected chi connectivity index (χ1v) is 5.94. The molecule has 98 valence electrons. The van der Waals surface area contributed by atoms with Crippen LogP contribution in [0.15, 0.2) is 24.3 Å². The van der Waals surface area contributed by atoms with Gasteiger partial charge in [-0.15, -0.1) is 0 Å². The molecular formula is C14H18O4. The van der Waals surface area contributed by atoms with Crippen LogP contribution in [0.4, 0.5) is 0 Å². The van der Waals surface area contributed by atoms with Gasteiger partial charge < -0.3 is 9.47 Å². The van der Waals surface area contributed by atoms with Gasteiger partial charge in [0, 0.05) is 19.1 Å². The number of methoxy groups -OCH3 is 1. The summed E-state index contributed by atoms with van der Waals surface area (Å²) in [5.41, 5.74) is 1.46. The number of carbonyl (C=O) groups excluding carboxylic acids is 2. The lowest BCUT2D eigenvalue weighted by molar-refractivity contribution is -0.143. The Morgan fingerprint density at radius 3 is 2.56 bits per heavy atom. The van der Waals surface area contributed by atoms with Crippen molar-refractivity contribution < 1.29 is 19.1 Å². The van der Waals surface area contributed by atoms with Gasteiger partial charge in [-0.1, -0.05) is 24.3 Å². The van der Waals surface area contributed by atoms with Crippen molar-refractivity contribution in [3.05, 3.63) is 35.4 Å². The highest BCUT2D eigenvalue weighted by molar-refractivity contribution is 5.98. The molecule has 0 aliphatic carbocycles. The maximum absolute atomic E-state index is 12.0. The molecule has 0 aromatic heterocycles.